The molecule has 2 atom stereocenters. The second kappa shape index (κ2) is 6.56. The predicted molar refractivity (Wildman–Crippen MR) is 76.7 cm³/mol. The van der Waals surface area contributed by atoms with E-state index in [0.717, 1.165) is 31.7 Å². The number of rotatable bonds is 5. The Bertz CT molecular complexity index is 543. The topological polar surface area (TPSA) is 89.7 Å². The predicted octanol–water partition coefficient (Wildman–Crippen LogP) is 3.64. The molecule has 6 nitrogen and oxygen atoms in total. The maximum absolute atomic E-state index is 11.3. The van der Waals surface area contributed by atoms with Crippen molar-refractivity contribution in [1.82, 2.24) is 0 Å². The van der Waals surface area contributed by atoms with E-state index in [1.165, 1.54) is 18.6 Å². The first-order valence-corrected chi connectivity index (χ1v) is 7.19. The Morgan fingerprint density at radius 2 is 2.24 bits per heavy atom. The zero-order valence-corrected chi connectivity index (χ0v) is 11.9. The van der Waals surface area contributed by atoms with Gasteiger partial charge in [0.1, 0.15) is 11.3 Å². The summed E-state index contributed by atoms with van der Waals surface area (Å²) in [7, 11) is 0. The molecule has 0 amide bonds. The standard InChI is InChI=1S/C15H19NO5/c1-2-10-4-3-5-12(8-10)21-14-7-6-11(16(19)20)9-13(14)15(17)18/h6-7,9-10,12H,2-5,8H2,1H3,(H,17,18). The lowest BCUT2D eigenvalue weighted by Gasteiger charge is -2.29. The first kappa shape index (κ1) is 15.3. The third kappa shape index (κ3) is 3.71. The largest absolute Gasteiger partial charge is 0.490 e. The van der Waals surface area contributed by atoms with Gasteiger partial charge in [0, 0.05) is 12.1 Å². The summed E-state index contributed by atoms with van der Waals surface area (Å²) < 4.78 is 5.81. The number of carboxylic acid groups (broad SMARTS) is 1. The average molecular weight is 293 g/mol. The summed E-state index contributed by atoms with van der Waals surface area (Å²) in [6, 6.07) is 3.72. The molecule has 1 aliphatic rings. The van der Waals surface area contributed by atoms with Crippen LogP contribution in [0.3, 0.4) is 0 Å². The van der Waals surface area contributed by atoms with Crippen LogP contribution < -0.4 is 4.74 Å². The molecule has 0 heterocycles. The minimum atomic E-state index is -1.21. The molecule has 1 aromatic rings. The van der Waals surface area contributed by atoms with Crippen LogP contribution >= 0.6 is 0 Å². The molecule has 1 saturated carbocycles. The number of non-ortho nitro benzene ring substituents is 1. The fourth-order valence-electron chi connectivity index (χ4n) is 2.80. The number of hydrogen-bond donors (Lipinski definition) is 1. The average Bonchev–Trinajstić information content (AvgIpc) is 2.47. The molecule has 0 aromatic heterocycles. The second-order valence-corrected chi connectivity index (χ2v) is 5.42. The fraction of sp³-hybridized carbons (Fsp3) is 0.533. The Morgan fingerprint density at radius 3 is 2.86 bits per heavy atom. The lowest BCUT2D eigenvalue weighted by Crippen LogP contribution is -2.25. The van der Waals surface area contributed by atoms with Crippen LogP contribution in [0.25, 0.3) is 0 Å². The van der Waals surface area contributed by atoms with Crippen molar-refractivity contribution in [2.45, 2.75) is 45.1 Å². The van der Waals surface area contributed by atoms with Crippen LogP contribution in [-0.4, -0.2) is 22.1 Å². The van der Waals surface area contributed by atoms with E-state index in [2.05, 4.69) is 6.92 Å². The molecule has 1 N–H and O–H groups in total. The highest BCUT2D eigenvalue weighted by Crippen LogP contribution is 2.32. The smallest absolute Gasteiger partial charge is 0.339 e. The Balaban J connectivity index is 2.19. The molecule has 6 heteroatoms. The van der Waals surface area contributed by atoms with Crippen LogP contribution in [0.2, 0.25) is 0 Å². The van der Waals surface area contributed by atoms with Gasteiger partial charge >= 0.3 is 5.97 Å². The summed E-state index contributed by atoms with van der Waals surface area (Å²) in [5.41, 5.74) is -0.391. The molecule has 0 bridgehead atoms. The molecule has 0 aliphatic heterocycles. The van der Waals surface area contributed by atoms with Gasteiger partial charge in [0.15, 0.2) is 0 Å². The molecule has 2 unspecified atom stereocenters. The summed E-state index contributed by atoms with van der Waals surface area (Å²) >= 11 is 0. The van der Waals surface area contributed by atoms with E-state index >= 15 is 0 Å². The van der Waals surface area contributed by atoms with E-state index in [-0.39, 0.29) is 23.1 Å². The summed E-state index contributed by atoms with van der Waals surface area (Å²) in [6.07, 6.45) is 5.13. The third-order valence-electron chi connectivity index (χ3n) is 4.01. The molecule has 0 radical (unpaired) electrons. The minimum Gasteiger partial charge on any atom is -0.490 e. The lowest BCUT2D eigenvalue weighted by molar-refractivity contribution is -0.384. The number of nitro benzene ring substituents is 1. The SMILES string of the molecule is CCC1CCCC(Oc2ccc([N+](=O)[O-])cc2C(=O)O)C1. The van der Waals surface area contributed by atoms with Gasteiger partial charge in [0.2, 0.25) is 0 Å². The van der Waals surface area contributed by atoms with Gasteiger partial charge < -0.3 is 9.84 Å². The van der Waals surface area contributed by atoms with Crippen molar-refractivity contribution in [3.05, 3.63) is 33.9 Å². The van der Waals surface area contributed by atoms with Gasteiger partial charge in [-0.3, -0.25) is 10.1 Å². The van der Waals surface area contributed by atoms with Crippen LogP contribution in [0.15, 0.2) is 18.2 Å². The highest BCUT2D eigenvalue weighted by molar-refractivity contribution is 5.91. The highest BCUT2D eigenvalue weighted by atomic mass is 16.6. The molecule has 1 aromatic carbocycles. The van der Waals surface area contributed by atoms with Crippen molar-refractivity contribution in [3.63, 3.8) is 0 Å². The molecular formula is C15H19NO5. The number of nitro groups is 1. The van der Waals surface area contributed by atoms with Gasteiger partial charge in [-0.25, -0.2) is 4.79 Å². The maximum Gasteiger partial charge on any atom is 0.339 e. The van der Waals surface area contributed by atoms with E-state index in [9.17, 15) is 20.0 Å². The lowest BCUT2D eigenvalue weighted by atomic mass is 9.85. The van der Waals surface area contributed by atoms with Gasteiger partial charge in [-0.2, -0.15) is 0 Å². The number of carbonyl (C=O) groups is 1. The van der Waals surface area contributed by atoms with Crippen LogP contribution in [0.5, 0.6) is 5.75 Å². The normalized spacial score (nSPS) is 21.8. The number of hydrogen-bond acceptors (Lipinski definition) is 4. The van der Waals surface area contributed by atoms with Crippen LogP contribution in [-0.2, 0) is 0 Å². The van der Waals surface area contributed by atoms with Crippen LogP contribution in [0.4, 0.5) is 5.69 Å². The van der Waals surface area contributed by atoms with Crippen LogP contribution in [0, 0.1) is 16.0 Å². The van der Waals surface area contributed by atoms with E-state index < -0.39 is 10.9 Å². The van der Waals surface area contributed by atoms with E-state index in [1.807, 2.05) is 0 Å². The quantitative estimate of drug-likeness (QED) is 0.661. The van der Waals surface area contributed by atoms with Crippen molar-refractivity contribution in [1.29, 1.82) is 0 Å². The highest BCUT2D eigenvalue weighted by Gasteiger charge is 2.24. The number of nitrogens with zero attached hydrogens (tertiary/aromatic N) is 1. The number of benzene rings is 1. The van der Waals surface area contributed by atoms with Crippen molar-refractivity contribution in [2.75, 3.05) is 0 Å². The zero-order valence-electron chi connectivity index (χ0n) is 11.9. The molecule has 2 rings (SSSR count). The van der Waals surface area contributed by atoms with Crippen molar-refractivity contribution in [3.8, 4) is 5.75 Å². The van der Waals surface area contributed by atoms with Crippen molar-refractivity contribution < 1.29 is 19.6 Å². The van der Waals surface area contributed by atoms with Crippen LogP contribution in [0.1, 0.15) is 49.4 Å². The number of aromatic carboxylic acids is 1. The van der Waals surface area contributed by atoms with E-state index in [0.29, 0.717) is 5.92 Å². The Morgan fingerprint density at radius 1 is 1.48 bits per heavy atom. The summed E-state index contributed by atoms with van der Waals surface area (Å²) in [5, 5.41) is 19.9. The van der Waals surface area contributed by atoms with Gasteiger partial charge in [-0.15, -0.1) is 0 Å². The molecule has 1 fully saturated rings. The van der Waals surface area contributed by atoms with Crippen molar-refractivity contribution in [2.24, 2.45) is 5.92 Å². The summed E-state index contributed by atoms with van der Waals surface area (Å²) in [4.78, 5) is 21.4. The molecule has 21 heavy (non-hydrogen) atoms. The Hall–Kier alpha value is -2.11. The molecule has 0 spiro atoms. The summed E-state index contributed by atoms with van der Waals surface area (Å²) in [5.74, 6) is -0.388. The van der Waals surface area contributed by atoms with Gasteiger partial charge in [0.25, 0.3) is 5.69 Å². The number of carboxylic acids is 1. The van der Waals surface area contributed by atoms with E-state index in [1.54, 1.807) is 0 Å². The van der Waals surface area contributed by atoms with Crippen molar-refractivity contribution >= 4 is 11.7 Å². The molecule has 0 saturated heterocycles. The second-order valence-electron chi connectivity index (χ2n) is 5.42. The zero-order chi connectivity index (χ0) is 15.4. The minimum absolute atomic E-state index is 0.0109. The van der Waals surface area contributed by atoms with Gasteiger partial charge in [0.05, 0.1) is 11.0 Å². The Kier molecular flexibility index (Phi) is 4.77. The molecule has 1 aliphatic carbocycles. The Labute approximate surface area is 122 Å². The van der Waals surface area contributed by atoms with Gasteiger partial charge in [-0.1, -0.05) is 19.8 Å². The third-order valence-corrected chi connectivity index (χ3v) is 4.01. The maximum atomic E-state index is 11.3. The number of ether oxygens (including phenoxy) is 1. The molecular weight excluding hydrogens is 274 g/mol. The van der Waals surface area contributed by atoms with Gasteiger partial charge in [-0.05, 0) is 31.2 Å². The first-order valence-electron chi connectivity index (χ1n) is 7.19. The summed E-state index contributed by atoms with van der Waals surface area (Å²) in [6.45, 7) is 2.14. The molecule has 114 valence electrons. The fourth-order valence-corrected chi connectivity index (χ4v) is 2.80. The monoisotopic (exact) mass is 293 g/mol. The van der Waals surface area contributed by atoms with E-state index in [4.69, 9.17) is 4.74 Å². The first-order chi connectivity index (χ1) is 10.0.